The minimum Gasteiger partial charge on any atom is -0.383 e. The number of aryl methyl sites for hydroxylation is 1. The zero-order chi connectivity index (χ0) is 15.4. The molecule has 0 radical (unpaired) electrons. The Morgan fingerprint density at radius 2 is 2.09 bits per heavy atom. The standard InChI is InChI=1S/C17H27N3O2/c1-14-3-4-15-13-20(16-5-10-22-11-6-16)8-7-19(9-12-21-2)17(15)18-14/h3-4,16H,5-13H2,1-2H3. The zero-order valence-corrected chi connectivity index (χ0v) is 13.8. The van der Waals surface area contributed by atoms with Crippen LogP contribution in [0.2, 0.25) is 0 Å². The number of nitrogens with zero attached hydrogens (tertiary/aromatic N) is 3. The minimum absolute atomic E-state index is 0.644. The molecule has 0 bridgehead atoms. The molecule has 0 amide bonds. The summed E-state index contributed by atoms with van der Waals surface area (Å²) >= 11 is 0. The fourth-order valence-corrected chi connectivity index (χ4v) is 3.40. The quantitative estimate of drug-likeness (QED) is 0.848. The van der Waals surface area contributed by atoms with Gasteiger partial charge in [-0.25, -0.2) is 4.98 Å². The Morgan fingerprint density at radius 1 is 1.27 bits per heavy atom. The highest BCUT2D eigenvalue weighted by Gasteiger charge is 2.27. The van der Waals surface area contributed by atoms with Crippen molar-refractivity contribution in [2.24, 2.45) is 0 Å². The van der Waals surface area contributed by atoms with Crippen LogP contribution in [-0.4, -0.2) is 62.5 Å². The van der Waals surface area contributed by atoms with Gasteiger partial charge in [0.05, 0.1) is 6.61 Å². The van der Waals surface area contributed by atoms with Crippen molar-refractivity contribution in [3.05, 3.63) is 23.4 Å². The summed E-state index contributed by atoms with van der Waals surface area (Å²) in [5, 5.41) is 0. The smallest absolute Gasteiger partial charge is 0.133 e. The van der Waals surface area contributed by atoms with E-state index in [0.717, 1.165) is 70.4 Å². The first-order valence-corrected chi connectivity index (χ1v) is 8.30. The van der Waals surface area contributed by atoms with Crippen molar-refractivity contribution >= 4 is 5.82 Å². The van der Waals surface area contributed by atoms with Gasteiger partial charge in [-0.15, -0.1) is 0 Å². The van der Waals surface area contributed by atoms with Gasteiger partial charge in [-0.2, -0.15) is 0 Å². The lowest BCUT2D eigenvalue weighted by Gasteiger charge is -2.33. The normalized spacial score (nSPS) is 20.7. The van der Waals surface area contributed by atoms with Crippen molar-refractivity contribution in [3.63, 3.8) is 0 Å². The Hall–Kier alpha value is -1.17. The Kier molecular flexibility index (Phi) is 5.28. The maximum Gasteiger partial charge on any atom is 0.133 e. The highest BCUT2D eigenvalue weighted by atomic mass is 16.5. The molecule has 0 unspecified atom stereocenters. The van der Waals surface area contributed by atoms with Gasteiger partial charge in [0.1, 0.15) is 5.82 Å². The molecule has 3 rings (SSSR count). The first kappa shape index (κ1) is 15.7. The van der Waals surface area contributed by atoms with Crippen molar-refractivity contribution in [1.82, 2.24) is 9.88 Å². The monoisotopic (exact) mass is 305 g/mol. The minimum atomic E-state index is 0.644. The van der Waals surface area contributed by atoms with Crippen LogP contribution in [0.3, 0.4) is 0 Å². The number of rotatable bonds is 4. The number of aromatic nitrogens is 1. The third-order valence-electron chi connectivity index (χ3n) is 4.70. The van der Waals surface area contributed by atoms with E-state index in [9.17, 15) is 0 Å². The molecule has 2 aliphatic heterocycles. The highest BCUT2D eigenvalue weighted by Crippen LogP contribution is 2.26. The predicted octanol–water partition coefficient (Wildman–Crippen LogP) is 1.84. The largest absolute Gasteiger partial charge is 0.383 e. The molecule has 1 fully saturated rings. The number of hydrogen-bond donors (Lipinski definition) is 0. The Morgan fingerprint density at radius 3 is 2.86 bits per heavy atom. The van der Waals surface area contributed by atoms with E-state index < -0.39 is 0 Å². The number of ether oxygens (including phenoxy) is 2. The van der Waals surface area contributed by atoms with E-state index in [1.165, 1.54) is 5.56 Å². The van der Waals surface area contributed by atoms with Crippen molar-refractivity contribution < 1.29 is 9.47 Å². The second-order valence-electron chi connectivity index (χ2n) is 6.23. The molecule has 3 heterocycles. The fourth-order valence-electron chi connectivity index (χ4n) is 3.40. The molecule has 0 spiro atoms. The zero-order valence-electron chi connectivity index (χ0n) is 13.8. The fraction of sp³-hybridized carbons (Fsp3) is 0.706. The van der Waals surface area contributed by atoms with Crippen LogP contribution < -0.4 is 4.90 Å². The number of hydrogen-bond acceptors (Lipinski definition) is 5. The second kappa shape index (κ2) is 7.40. The van der Waals surface area contributed by atoms with Gasteiger partial charge < -0.3 is 14.4 Å². The first-order valence-electron chi connectivity index (χ1n) is 8.30. The van der Waals surface area contributed by atoms with Crippen molar-refractivity contribution in [3.8, 4) is 0 Å². The van der Waals surface area contributed by atoms with E-state index in [2.05, 4.69) is 28.9 Å². The molecule has 22 heavy (non-hydrogen) atoms. The van der Waals surface area contributed by atoms with Gasteiger partial charge in [-0.05, 0) is 25.8 Å². The molecular weight excluding hydrogens is 278 g/mol. The van der Waals surface area contributed by atoms with Crippen molar-refractivity contribution in [1.29, 1.82) is 0 Å². The first-order chi connectivity index (χ1) is 10.8. The molecule has 2 aliphatic rings. The topological polar surface area (TPSA) is 37.8 Å². The summed E-state index contributed by atoms with van der Waals surface area (Å²) in [5.41, 5.74) is 2.42. The summed E-state index contributed by atoms with van der Waals surface area (Å²) in [6.45, 7) is 8.61. The van der Waals surface area contributed by atoms with Crippen LogP contribution in [0.5, 0.6) is 0 Å². The molecule has 0 atom stereocenters. The number of fused-ring (bicyclic) bond motifs is 1. The van der Waals surface area contributed by atoms with E-state index in [1.54, 1.807) is 7.11 Å². The molecule has 5 heteroatoms. The van der Waals surface area contributed by atoms with Gasteiger partial charge in [0.2, 0.25) is 0 Å². The second-order valence-corrected chi connectivity index (χ2v) is 6.23. The summed E-state index contributed by atoms with van der Waals surface area (Å²) < 4.78 is 10.8. The molecule has 1 saturated heterocycles. The van der Waals surface area contributed by atoms with Gasteiger partial charge in [-0.3, -0.25) is 4.90 Å². The van der Waals surface area contributed by atoms with E-state index in [4.69, 9.17) is 14.5 Å². The summed E-state index contributed by atoms with van der Waals surface area (Å²) in [6, 6.07) is 5.01. The Labute approximate surface area is 133 Å². The van der Waals surface area contributed by atoms with E-state index >= 15 is 0 Å². The number of pyridine rings is 1. The summed E-state index contributed by atoms with van der Waals surface area (Å²) in [5.74, 6) is 1.15. The maximum atomic E-state index is 5.52. The van der Waals surface area contributed by atoms with E-state index in [0.29, 0.717) is 6.04 Å². The van der Waals surface area contributed by atoms with Gasteiger partial charge in [-0.1, -0.05) is 6.07 Å². The van der Waals surface area contributed by atoms with E-state index in [1.807, 2.05) is 0 Å². The lowest BCUT2D eigenvalue weighted by Crippen LogP contribution is -2.41. The van der Waals surface area contributed by atoms with Gasteiger partial charge >= 0.3 is 0 Å². The molecule has 0 N–H and O–H groups in total. The average molecular weight is 305 g/mol. The molecule has 0 saturated carbocycles. The molecule has 1 aromatic heterocycles. The van der Waals surface area contributed by atoms with Crippen molar-refractivity contribution in [2.45, 2.75) is 32.4 Å². The van der Waals surface area contributed by atoms with Crippen molar-refractivity contribution in [2.75, 3.05) is 51.5 Å². The summed E-state index contributed by atoms with van der Waals surface area (Å²) in [7, 11) is 1.76. The Balaban J connectivity index is 1.80. The van der Waals surface area contributed by atoms with Crippen LogP contribution in [0.1, 0.15) is 24.1 Å². The number of methoxy groups -OCH3 is 1. The molecule has 0 aromatic carbocycles. The van der Waals surface area contributed by atoms with Crippen LogP contribution in [0.15, 0.2) is 12.1 Å². The van der Waals surface area contributed by atoms with Gasteiger partial charge in [0.25, 0.3) is 0 Å². The number of anilines is 1. The maximum absolute atomic E-state index is 5.52. The molecule has 1 aromatic rings. The lowest BCUT2D eigenvalue weighted by molar-refractivity contribution is 0.0327. The average Bonchev–Trinajstić information content (AvgIpc) is 2.73. The summed E-state index contributed by atoms with van der Waals surface area (Å²) in [4.78, 5) is 9.80. The van der Waals surface area contributed by atoms with Gasteiger partial charge in [0, 0.05) is 63.8 Å². The highest BCUT2D eigenvalue weighted by molar-refractivity contribution is 5.48. The third kappa shape index (κ3) is 3.59. The van der Waals surface area contributed by atoms with Crippen LogP contribution in [0.4, 0.5) is 5.82 Å². The lowest BCUT2D eigenvalue weighted by atomic mass is 10.1. The van der Waals surface area contributed by atoms with Crippen LogP contribution in [0, 0.1) is 6.92 Å². The molecular formula is C17H27N3O2. The molecule has 122 valence electrons. The Bertz CT molecular complexity index is 489. The van der Waals surface area contributed by atoms with Crippen LogP contribution in [0.25, 0.3) is 0 Å². The predicted molar refractivity (Wildman–Crippen MR) is 87.3 cm³/mol. The third-order valence-corrected chi connectivity index (χ3v) is 4.70. The van der Waals surface area contributed by atoms with Crippen LogP contribution in [-0.2, 0) is 16.0 Å². The SMILES string of the molecule is COCCN1CCN(C2CCOCC2)Cc2ccc(C)nc21. The summed E-state index contributed by atoms with van der Waals surface area (Å²) in [6.07, 6.45) is 2.29. The van der Waals surface area contributed by atoms with Crippen LogP contribution >= 0.6 is 0 Å². The molecule has 0 aliphatic carbocycles. The van der Waals surface area contributed by atoms with E-state index in [-0.39, 0.29) is 0 Å². The van der Waals surface area contributed by atoms with Gasteiger partial charge in [0.15, 0.2) is 0 Å². The molecule has 5 nitrogen and oxygen atoms in total.